The Balaban J connectivity index is 2.09. The van der Waals surface area contributed by atoms with Crippen LogP contribution in [0.2, 0.25) is 0 Å². The van der Waals surface area contributed by atoms with Gasteiger partial charge in [-0.2, -0.15) is 5.10 Å². The molecule has 19 heavy (non-hydrogen) atoms. The number of carbonyl (C=O) groups is 1. The van der Waals surface area contributed by atoms with Crippen LogP contribution in [0, 0.1) is 6.92 Å². The first kappa shape index (κ1) is 13.7. The van der Waals surface area contributed by atoms with Crippen LogP contribution in [0.3, 0.4) is 0 Å². The smallest absolute Gasteiger partial charge is 0.195 e. The Morgan fingerprint density at radius 2 is 2.26 bits per heavy atom. The van der Waals surface area contributed by atoms with Gasteiger partial charge in [0.25, 0.3) is 0 Å². The molecule has 2 heterocycles. The van der Waals surface area contributed by atoms with Crippen molar-refractivity contribution < 1.29 is 4.79 Å². The fraction of sp³-hybridized carbons (Fsp3) is 0.333. The van der Waals surface area contributed by atoms with E-state index in [-0.39, 0.29) is 5.78 Å². The van der Waals surface area contributed by atoms with E-state index in [1.165, 1.54) is 4.88 Å². The second-order valence-electron chi connectivity index (χ2n) is 4.56. The zero-order chi connectivity index (χ0) is 13.8. The van der Waals surface area contributed by atoms with Gasteiger partial charge < -0.3 is 0 Å². The molecule has 100 valence electrons. The second kappa shape index (κ2) is 5.97. The molecule has 2 aromatic heterocycles. The SMILES string of the molecule is CCCc1ccc(C(=O)/C=C/c2cn(C)nc2C)s1. The quantitative estimate of drug-likeness (QED) is 0.616. The number of nitrogens with zero attached hydrogens (tertiary/aromatic N) is 2. The summed E-state index contributed by atoms with van der Waals surface area (Å²) in [5, 5.41) is 4.25. The van der Waals surface area contributed by atoms with E-state index in [9.17, 15) is 4.79 Å². The van der Waals surface area contributed by atoms with Gasteiger partial charge in [-0.25, -0.2) is 0 Å². The number of aromatic nitrogens is 2. The van der Waals surface area contributed by atoms with E-state index in [0.29, 0.717) is 0 Å². The lowest BCUT2D eigenvalue weighted by molar-refractivity contribution is 0.105. The van der Waals surface area contributed by atoms with E-state index in [1.807, 2.05) is 38.4 Å². The van der Waals surface area contributed by atoms with E-state index in [2.05, 4.69) is 12.0 Å². The molecule has 0 aromatic carbocycles. The van der Waals surface area contributed by atoms with Crippen LogP contribution in [0.1, 0.15) is 39.2 Å². The maximum atomic E-state index is 12.1. The standard InChI is InChI=1S/C15H18N2OS/c1-4-5-13-7-9-15(19-13)14(18)8-6-12-10-17(3)16-11(12)2/h6-10H,4-5H2,1-3H3/b8-6+. The highest BCUT2D eigenvalue weighted by atomic mass is 32.1. The van der Waals surface area contributed by atoms with Crippen molar-refractivity contribution in [1.82, 2.24) is 9.78 Å². The third-order valence-corrected chi connectivity index (χ3v) is 4.03. The molecule has 0 radical (unpaired) electrons. The van der Waals surface area contributed by atoms with E-state index >= 15 is 0 Å². The summed E-state index contributed by atoms with van der Waals surface area (Å²) >= 11 is 1.59. The maximum Gasteiger partial charge on any atom is 0.195 e. The first-order valence-corrected chi connectivity index (χ1v) is 7.23. The van der Waals surface area contributed by atoms with Crippen LogP contribution >= 0.6 is 11.3 Å². The average molecular weight is 274 g/mol. The minimum atomic E-state index is 0.0654. The lowest BCUT2D eigenvalue weighted by Gasteiger charge is -1.91. The number of thiophene rings is 1. The van der Waals surface area contributed by atoms with Gasteiger partial charge in [0.2, 0.25) is 0 Å². The molecular weight excluding hydrogens is 256 g/mol. The van der Waals surface area contributed by atoms with Gasteiger partial charge in [-0.05, 0) is 37.6 Å². The summed E-state index contributed by atoms with van der Waals surface area (Å²) in [6, 6.07) is 3.96. The Bertz CT molecular complexity index is 607. The second-order valence-corrected chi connectivity index (χ2v) is 5.73. The lowest BCUT2D eigenvalue weighted by Crippen LogP contribution is -1.88. The molecule has 0 aliphatic rings. The van der Waals surface area contributed by atoms with Gasteiger partial charge >= 0.3 is 0 Å². The Morgan fingerprint density at radius 1 is 1.47 bits per heavy atom. The normalized spacial score (nSPS) is 11.3. The molecule has 0 saturated carbocycles. The van der Waals surface area contributed by atoms with Crippen LogP contribution in [0.25, 0.3) is 6.08 Å². The Kier molecular flexibility index (Phi) is 4.32. The van der Waals surface area contributed by atoms with Crippen LogP contribution in [0.4, 0.5) is 0 Å². The zero-order valence-electron chi connectivity index (χ0n) is 11.5. The summed E-state index contributed by atoms with van der Waals surface area (Å²) in [5.74, 6) is 0.0654. The molecule has 4 heteroatoms. The van der Waals surface area contributed by atoms with Gasteiger partial charge in [0, 0.05) is 23.7 Å². The summed E-state index contributed by atoms with van der Waals surface area (Å²) in [6.07, 6.45) is 7.54. The molecule has 0 fully saturated rings. The van der Waals surface area contributed by atoms with Gasteiger partial charge in [-0.1, -0.05) is 13.3 Å². The number of hydrogen-bond acceptors (Lipinski definition) is 3. The summed E-state index contributed by atoms with van der Waals surface area (Å²) < 4.78 is 1.75. The van der Waals surface area contributed by atoms with E-state index < -0.39 is 0 Å². The van der Waals surface area contributed by atoms with Crippen molar-refractivity contribution in [2.45, 2.75) is 26.7 Å². The van der Waals surface area contributed by atoms with Crippen LogP contribution in [0.5, 0.6) is 0 Å². The molecule has 0 saturated heterocycles. The number of aryl methyl sites for hydroxylation is 3. The third-order valence-electron chi connectivity index (χ3n) is 2.87. The first-order valence-electron chi connectivity index (χ1n) is 6.41. The molecule has 0 bridgehead atoms. The van der Waals surface area contributed by atoms with Crippen molar-refractivity contribution in [3.05, 3.63) is 45.4 Å². The van der Waals surface area contributed by atoms with Gasteiger partial charge in [0.05, 0.1) is 10.6 Å². The van der Waals surface area contributed by atoms with Crippen molar-refractivity contribution in [3.63, 3.8) is 0 Å². The maximum absolute atomic E-state index is 12.1. The van der Waals surface area contributed by atoms with E-state index in [4.69, 9.17) is 0 Å². The molecule has 0 aliphatic heterocycles. The zero-order valence-corrected chi connectivity index (χ0v) is 12.3. The van der Waals surface area contributed by atoms with E-state index in [1.54, 1.807) is 22.1 Å². The average Bonchev–Trinajstić information content (AvgIpc) is 2.94. The van der Waals surface area contributed by atoms with E-state index in [0.717, 1.165) is 29.0 Å². The van der Waals surface area contributed by atoms with Gasteiger partial charge in [-0.3, -0.25) is 9.48 Å². The molecule has 0 spiro atoms. The molecular formula is C15H18N2OS. The molecule has 0 amide bonds. The van der Waals surface area contributed by atoms with Gasteiger partial charge in [-0.15, -0.1) is 11.3 Å². The minimum Gasteiger partial charge on any atom is -0.288 e. The van der Waals surface area contributed by atoms with Crippen LogP contribution < -0.4 is 0 Å². The van der Waals surface area contributed by atoms with Crippen molar-refractivity contribution in [1.29, 1.82) is 0 Å². The Labute approximate surface area is 117 Å². The highest BCUT2D eigenvalue weighted by Crippen LogP contribution is 2.19. The van der Waals surface area contributed by atoms with Crippen molar-refractivity contribution >= 4 is 23.2 Å². The summed E-state index contributed by atoms with van der Waals surface area (Å²) in [5.41, 5.74) is 1.92. The predicted octanol–water partition coefficient (Wildman–Crippen LogP) is 3.64. The molecule has 2 rings (SSSR count). The lowest BCUT2D eigenvalue weighted by atomic mass is 10.2. The van der Waals surface area contributed by atoms with Crippen LogP contribution in [0.15, 0.2) is 24.4 Å². The number of carbonyl (C=O) groups excluding carboxylic acids is 1. The number of ketones is 1. The number of hydrogen-bond donors (Lipinski definition) is 0. The van der Waals surface area contributed by atoms with Crippen molar-refractivity contribution in [2.24, 2.45) is 7.05 Å². The summed E-state index contributed by atoms with van der Waals surface area (Å²) in [7, 11) is 1.88. The highest BCUT2D eigenvalue weighted by Gasteiger charge is 2.06. The van der Waals surface area contributed by atoms with Crippen molar-refractivity contribution in [3.8, 4) is 0 Å². The molecule has 2 aromatic rings. The monoisotopic (exact) mass is 274 g/mol. The highest BCUT2D eigenvalue weighted by molar-refractivity contribution is 7.14. The topological polar surface area (TPSA) is 34.9 Å². The molecule has 0 aliphatic carbocycles. The largest absolute Gasteiger partial charge is 0.288 e. The fourth-order valence-corrected chi connectivity index (χ4v) is 2.95. The molecule has 0 atom stereocenters. The van der Waals surface area contributed by atoms with Gasteiger partial charge in [0.15, 0.2) is 5.78 Å². The molecule has 0 unspecified atom stereocenters. The minimum absolute atomic E-state index is 0.0654. The Morgan fingerprint density at radius 3 is 2.89 bits per heavy atom. The van der Waals surface area contributed by atoms with Crippen LogP contribution in [-0.2, 0) is 13.5 Å². The predicted molar refractivity (Wildman–Crippen MR) is 79.6 cm³/mol. The third kappa shape index (κ3) is 3.41. The fourth-order valence-electron chi connectivity index (χ4n) is 1.92. The number of allylic oxidation sites excluding steroid dienone is 1. The van der Waals surface area contributed by atoms with Crippen LogP contribution in [-0.4, -0.2) is 15.6 Å². The summed E-state index contributed by atoms with van der Waals surface area (Å²) in [6.45, 7) is 4.08. The summed E-state index contributed by atoms with van der Waals surface area (Å²) in [4.78, 5) is 14.1. The molecule has 0 N–H and O–H groups in total. The first-order chi connectivity index (χ1) is 9.10. The van der Waals surface area contributed by atoms with Gasteiger partial charge in [0.1, 0.15) is 0 Å². The Hall–Kier alpha value is -1.68. The molecule has 3 nitrogen and oxygen atoms in total. The number of rotatable bonds is 5. The van der Waals surface area contributed by atoms with Crippen molar-refractivity contribution in [2.75, 3.05) is 0 Å².